The minimum Gasteiger partial charge on any atom is -0.355 e. The maximum absolute atomic E-state index is 11.9. The lowest BCUT2D eigenvalue weighted by Crippen LogP contribution is -2.40. The number of amides is 2. The first-order valence-electron chi connectivity index (χ1n) is 14.1. The van der Waals surface area contributed by atoms with Crippen molar-refractivity contribution in [2.75, 3.05) is 13.1 Å². The fourth-order valence-electron chi connectivity index (χ4n) is 4.67. The number of hydrogen-bond acceptors (Lipinski definition) is 4. The van der Waals surface area contributed by atoms with Crippen LogP contribution in [0.3, 0.4) is 0 Å². The summed E-state index contributed by atoms with van der Waals surface area (Å²) in [6.45, 7) is 5.87. The van der Waals surface area contributed by atoms with Gasteiger partial charge in [0.2, 0.25) is 11.8 Å². The number of ketones is 2. The van der Waals surface area contributed by atoms with E-state index < -0.39 is 0 Å². The van der Waals surface area contributed by atoms with Crippen LogP contribution in [0, 0.1) is 11.8 Å². The van der Waals surface area contributed by atoms with Crippen LogP contribution in [0.25, 0.3) is 0 Å². The molecule has 0 radical (unpaired) electrons. The van der Waals surface area contributed by atoms with Crippen LogP contribution in [-0.4, -0.2) is 36.5 Å². The molecule has 2 heterocycles. The fourth-order valence-corrected chi connectivity index (χ4v) is 4.67. The summed E-state index contributed by atoms with van der Waals surface area (Å²) in [5.74, 6) is -0.493. The molecule has 2 aliphatic heterocycles. The lowest BCUT2D eigenvalue weighted by atomic mass is 9.91. The summed E-state index contributed by atoms with van der Waals surface area (Å²) in [7, 11) is 0. The molecule has 0 aromatic heterocycles. The summed E-state index contributed by atoms with van der Waals surface area (Å²) in [6, 6.07) is 0. The Hall–Kier alpha value is -1.72. The van der Waals surface area contributed by atoms with Gasteiger partial charge in [0.15, 0.2) is 0 Å². The van der Waals surface area contributed by atoms with E-state index in [2.05, 4.69) is 24.5 Å². The Bertz CT molecular complexity index is 605. The van der Waals surface area contributed by atoms with Gasteiger partial charge in [-0.2, -0.15) is 0 Å². The quantitative estimate of drug-likeness (QED) is 0.221. The summed E-state index contributed by atoms with van der Waals surface area (Å²) >= 11 is 0. The lowest BCUT2D eigenvalue weighted by molar-refractivity contribution is -0.137. The fraction of sp³-hybridized carbons (Fsp3) is 0.857. The number of nitrogens with one attached hydrogen (secondary N) is 2. The zero-order valence-corrected chi connectivity index (χ0v) is 21.9. The Morgan fingerprint density at radius 3 is 1.32 bits per heavy atom. The Kier molecular flexibility index (Phi) is 17.4. The summed E-state index contributed by atoms with van der Waals surface area (Å²) in [5.41, 5.74) is 0. The second kappa shape index (κ2) is 19.6. The van der Waals surface area contributed by atoms with E-state index in [1.165, 1.54) is 51.4 Å². The summed E-state index contributed by atoms with van der Waals surface area (Å²) in [6.07, 6.45) is 18.8. The Morgan fingerprint density at radius 2 is 0.971 bits per heavy atom. The summed E-state index contributed by atoms with van der Waals surface area (Å²) < 4.78 is 0. The van der Waals surface area contributed by atoms with Gasteiger partial charge >= 0.3 is 0 Å². The third kappa shape index (κ3) is 13.2. The third-order valence-electron chi connectivity index (χ3n) is 6.90. The molecular formula is C28H50N2O4. The van der Waals surface area contributed by atoms with Crippen LogP contribution in [0.1, 0.15) is 129 Å². The van der Waals surface area contributed by atoms with Crippen molar-refractivity contribution in [2.24, 2.45) is 11.8 Å². The highest BCUT2D eigenvalue weighted by Crippen LogP contribution is 2.18. The van der Waals surface area contributed by atoms with Gasteiger partial charge in [-0.25, -0.2) is 0 Å². The molecule has 2 atom stereocenters. The molecule has 0 spiro atoms. The topological polar surface area (TPSA) is 92.3 Å². The third-order valence-corrected chi connectivity index (χ3v) is 6.90. The van der Waals surface area contributed by atoms with Crippen molar-refractivity contribution in [1.82, 2.24) is 10.6 Å². The number of Topliss-reactive ketones (excluding diaryl/α,β-unsaturated/α-hetero) is 2. The van der Waals surface area contributed by atoms with Crippen molar-refractivity contribution in [2.45, 2.75) is 129 Å². The number of unbranched alkanes of at least 4 members (excludes halogenated alkanes) is 10. The molecule has 2 saturated heterocycles. The van der Waals surface area contributed by atoms with E-state index in [0.717, 1.165) is 64.5 Å². The van der Waals surface area contributed by atoms with Gasteiger partial charge in [0.05, 0.1) is 11.8 Å². The van der Waals surface area contributed by atoms with Crippen LogP contribution in [-0.2, 0) is 19.2 Å². The van der Waals surface area contributed by atoms with E-state index in [1.807, 2.05) is 0 Å². The van der Waals surface area contributed by atoms with Crippen LogP contribution in [0.2, 0.25) is 0 Å². The Balaban J connectivity index is 0.000000342. The van der Waals surface area contributed by atoms with Crippen molar-refractivity contribution in [3.8, 4) is 0 Å². The second-order valence-electron chi connectivity index (χ2n) is 9.94. The average molecular weight is 479 g/mol. The van der Waals surface area contributed by atoms with E-state index in [1.54, 1.807) is 0 Å². The average Bonchev–Trinajstić information content (AvgIpc) is 2.84. The van der Waals surface area contributed by atoms with E-state index in [0.29, 0.717) is 12.8 Å². The van der Waals surface area contributed by atoms with Gasteiger partial charge < -0.3 is 10.6 Å². The predicted octanol–water partition coefficient (Wildman–Crippen LogP) is 5.66. The molecular weight excluding hydrogens is 428 g/mol. The van der Waals surface area contributed by atoms with Gasteiger partial charge in [-0.05, 0) is 38.5 Å². The molecule has 2 amide bonds. The van der Waals surface area contributed by atoms with Gasteiger partial charge in [-0.3, -0.25) is 19.2 Å². The second-order valence-corrected chi connectivity index (χ2v) is 9.94. The first kappa shape index (κ1) is 30.3. The molecule has 0 aliphatic carbocycles. The molecule has 2 fully saturated rings. The summed E-state index contributed by atoms with van der Waals surface area (Å²) in [5, 5.41) is 5.54. The minimum atomic E-state index is -0.348. The smallest absolute Gasteiger partial charge is 0.230 e. The van der Waals surface area contributed by atoms with Gasteiger partial charge in [0.1, 0.15) is 11.6 Å². The van der Waals surface area contributed by atoms with Crippen molar-refractivity contribution in [3.63, 3.8) is 0 Å². The predicted molar refractivity (Wildman–Crippen MR) is 137 cm³/mol. The van der Waals surface area contributed by atoms with Gasteiger partial charge in [-0.1, -0.05) is 78.1 Å². The maximum Gasteiger partial charge on any atom is 0.230 e. The van der Waals surface area contributed by atoms with Crippen LogP contribution in [0.15, 0.2) is 0 Å². The monoisotopic (exact) mass is 478 g/mol. The minimum absolute atomic E-state index is 0.0470. The maximum atomic E-state index is 11.9. The largest absolute Gasteiger partial charge is 0.355 e. The highest BCUT2D eigenvalue weighted by molar-refractivity contribution is 6.02. The van der Waals surface area contributed by atoms with E-state index in [9.17, 15) is 19.2 Å². The number of carbonyl (C=O) groups excluding carboxylic acids is 4. The first-order chi connectivity index (χ1) is 16.5. The standard InChI is InChI=1S/C15H27NO2.C13H23NO2/c1-2-3-4-5-6-7-8-11-14(17)13-10-9-12-16-15(13)18;1-2-3-4-5-6-9-12(15)11-8-7-10-14-13(11)16/h13H,2-12H2,1H3,(H,16,18);11H,2-10H2,1H3,(H,14,16). The molecule has 0 saturated carbocycles. The zero-order valence-electron chi connectivity index (χ0n) is 21.9. The van der Waals surface area contributed by atoms with Crippen LogP contribution in [0.5, 0.6) is 0 Å². The van der Waals surface area contributed by atoms with E-state index >= 15 is 0 Å². The molecule has 0 aromatic carbocycles. The molecule has 34 heavy (non-hydrogen) atoms. The molecule has 2 rings (SSSR count). The number of hydrogen-bond donors (Lipinski definition) is 2. The number of rotatable bonds is 16. The van der Waals surface area contributed by atoms with Gasteiger partial charge in [0, 0.05) is 25.9 Å². The van der Waals surface area contributed by atoms with E-state index in [4.69, 9.17) is 0 Å². The van der Waals surface area contributed by atoms with E-state index in [-0.39, 0.29) is 35.2 Å². The number of piperidine rings is 2. The van der Waals surface area contributed by atoms with Crippen LogP contribution in [0.4, 0.5) is 0 Å². The first-order valence-corrected chi connectivity index (χ1v) is 14.1. The normalized spacial score (nSPS) is 20.1. The molecule has 2 aliphatic rings. The van der Waals surface area contributed by atoms with Crippen molar-refractivity contribution in [3.05, 3.63) is 0 Å². The molecule has 196 valence electrons. The molecule has 6 nitrogen and oxygen atoms in total. The molecule has 2 N–H and O–H groups in total. The molecule has 0 bridgehead atoms. The lowest BCUT2D eigenvalue weighted by Gasteiger charge is -2.20. The molecule has 6 heteroatoms. The highest BCUT2D eigenvalue weighted by Gasteiger charge is 2.28. The van der Waals surface area contributed by atoms with Gasteiger partial charge in [-0.15, -0.1) is 0 Å². The van der Waals surface area contributed by atoms with Crippen molar-refractivity contribution in [1.29, 1.82) is 0 Å². The number of carbonyl (C=O) groups is 4. The van der Waals surface area contributed by atoms with Crippen LogP contribution < -0.4 is 10.6 Å². The molecule has 0 aromatic rings. The van der Waals surface area contributed by atoms with Gasteiger partial charge in [0.25, 0.3) is 0 Å². The SMILES string of the molecule is CCCCCCCC(=O)C1CCCNC1=O.CCCCCCCCCC(=O)C1CCCNC1=O. The van der Waals surface area contributed by atoms with Crippen LogP contribution >= 0.6 is 0 Å². The van der Waals surface area contributed by atoms with Crippen molar-refractivity contribution >= 4 is 23.4 Å². The zero-order chi connectivity index (χ0) is 25.0. The molecule has 2 unspecified atom stereocenters. The Labute approximate surface area is 207 Å². The van der Waals surface area contributed by atoms with Crippen molar-refractivity contribution < 1.29 is 19.2 Å². The Morgan fingerprint density at radius 1 is 0.618 bits per heavy atom. The summed E-state index contributed by atoms with van der Waals surface area (Å²) in [4.78, 5) is 46.6. The highest BCUT2D eigenvalue weighted by atomic mass is 16.2.